The number of ether oxygens (including phenoxy) is 1. The van der Waals surface area contributed by atoms with E-state index in [2.05, 4.69) is 17.3 Å². The van der Waals surface area contributed by atoms with E-state index < -0.39 is 0 Å². The van der Waals surface area contributed by atoms with Gasteiger partial charge in [0.25, 0.3) is 0 Å². The molecule has 1 fully saturated rings. The van der Waals surface area contributed by atoms with Gasteiger partial charge in [-0.2, -0.15) is 0 Å². The first-order valence-electron chi connectivity index (χ1n) is 7.93. The van der Waals surface area contributed by atoms with Crippen molar-refractivity contribution in [3.05, 3.63) is 29.6 Å². The highest BCUT2D eigenvalue weighted by molar-refractivity contribution is 5.54. The van der Waals surface area contributed by atoms with E-state index in [1.807, 2.05) is 6.07 Å². The molecule has 0 atom stereocenters. The quantitative estimate of drug-likeness (QED) is 0.781. The molecule has 1 N–H and O–H groups in total. The van der Waals surface area contributed by atoms with E-state index in [4.69, 9.17) is 4.74 Å². The highest BCUT2D eigenvalue weighted by Crippen LogP contribution is 2.28. The minimum absolute atomic E-state index is 0.167. The van der Waals surface area contributed by atoms with Crippen molar-refractivity contribution in [1.82, 2.24) is 5.32 Å². The van der Waals surface area contributed by atoms with Crippen LogP contribution in [0.4, 0.5) is 10.1 Å². The number of methoxy groups -OCH3 is 1. The molecular formula is C17H27FN2O. The molecule has 4 heteroatoms. The van der Waals surface area contributed by atoms with Crippen LogP contribution in [-0.2, 0) is 11.3 Å². The third-order valence-corrected chi connectivity index (χ3v) is 4.34. The predicted molar refractivity (Wildman–Crippen MR) is 85.3 cm³/mol. The lowest BCUT2D eigenvalue weighted by molar-refractivity contribution is 0.199. The topological polar surface area (TPSA) is 24.5 Å². The Bertz CT molecular complexity index is 433. The van der Waals surface area contributed by atoms with Crippen LogP contribution in [0.5, 0.6) is 0 Å². The first kappa shape index (κ1) is 16.2. The highest BCUT2D eigenvalue weighted by atomic mass is 19.1. The minimum Gasteiger partial charge on any atom is -0.383 e. The maximum Gasteiger partial charge on any atom is 0.123 e. The first-order valence-corrected chi connectivity index (χ1v) is 7.93. The van der Waals surface area contributed by atoms with Gasteiger partial charge in [0.05, 0.1) is 6.61 Å². The fourth-order valence-corrected chi connectivity index (χ4v) is 3.10. The summed E-state index contributed by atoms with van der Waals surface area (Å²) in [5.74, 6) is -0.167. The third-order valence-electron chi connectivity index (χ3n) is 4.34. The van der Waals surface area contributed by atoms with Gasteiger partial charge in [-0.1, -0.05) is 19.3 Å². The normalized spacial score (nSPS) is 16.1. The fraction of sp³-hybridized carbons (Fsp3) is 0.647. The van der Waals surface area contributed by atoms with Gasteiger partial charge in [0.1, 0.15) is 5.82 Å². The van der Waals surface area contributed by atoms with Crippen molar-refractivity contribution >= 4 is 5.69 Å². The number of hydrogen-bond donors (Lipinski definition) is 1. The van der Waals surface area contributed by atoms with Crippen LogP contribution in [-0.4, -0.2) is 33.4 Å². The van der Waals surface area contributed by atoms with E-state index in [0.29, 0.717) is 19.2 Å². The smallest absolute Gasteiger partial charge is 0.123 e. The molecule has 0 aromatic heterocycles. The summed E-state index contributed by atoms with van der Waals surface area (Å²) in [6.45, 7) is 2.12. The molecule has 21 heavy (non-hydrogen) atoms. The molecule has 118 valence electrons. The fourth-order valence-electron chi connectivity index (χ4n) is 3.10. The Hall–Kier alpha value is -1.13. The lowest BCUT2D eigenvalue weighted by atomic mass is 9.93. The molecule has 0 amide bonds. The van der Waals surface area contributed by atoms with Gasteiger partial charge in [-0.3, -0.25) is 0 Å². The number of nitrogens with zero attached hydrogens (tertiary/aromatic N) is 1. The van der Waals surface area contributed by atoms with Crippen LogP contribution in [0.1, 0.15) is 37.7 Å². The summed E-state index contributed by atoms with van der Waals surface area (Å²) in [7, 11) is 3.83. The molecule has 1 saturated carbocycles. The van der Waals surface area contributed by atoms with Crippen molar-refractivity contribution in [2.75, 3.05) is 32.2 Å². The standard InChI is InChI=1S/C17H27FN2O/c1-20(16-6-4-3-5-7-16)17-9-8-15(18)12-14(17)13-19-10-11-21-2/h8-9,12,16,19H,3-7,10-11,13H2,1-2H3. The summed E-state index contributed by atoms with van der Waals surface area (Å²) in [5, 5.41) is 3.31. The van der Waals surface area contributed by atoms with Crippen LogP contribution in [0, 0.1) is 5.82 Å². The largest absolute Gasteiger partial charge is 0.383 e. The van der Waals surface area contributed by atoms with Crippen molar-refractivity contribution in [2.24, 2.45) is 0 Å². The second kappa shape index (κ2) is 8.35. The van der Waals surface area contributed by atoms with Crippen molar-refractivity contribution in [2.45, 2.75) is 44.7 Å². The van der Waals surface area contributed by atoms with Gasteiger partial charge in [-0.15, -0.1) is 0 Å². The number of anilines is 1. The Kier molecular flexibility index (Phi) is 6.46. The van der Waals surface area contributed by atoms with Crippen LogP contribution < -0.4 is 10.2 Å². The average molecular weight is 294 g/mol. The van der Waals surface area contributed by atoms with Gasteiger partial charge in [-0.05, 0) is 36.6 Å². The molecule has 1 aliphatic rings. The van der Waals surface area contributed by atoms with Gasteiger partial charge in [0, 0.05) is 39.0 Å². The van der Waals surface area contributed by atoms with Gasteiger partial charge < -0.3 is 15.0 Å². The number of hydrogen-bond acceptors (Lipinski definition) is 3. The Morgan fingerprint density at radius 3 is 2.76 bits per heavy atom. The van der Waals surface area contributed by atoms with Crippen molar-refractivity contribution in [3.63, 3.8) is 0 Å². The molecule has 0 spiro atoms. The Labute approximate surface area is 127 Å². The van der Waals surface area contributed by atoms with Crippen molar-refractivity contribution in [3.8, 4) is 0 Å². The molecule has 0 aliphatic heterocycles. The van der Waals surface area contributed by atoms with E-state index in [1.165, 1.54) is 32.1 Å². The van der Waals surface area contributed by atoms with E-state index in [9.17, 15) is 4.39 Å². The second-order valence-electron chi connectivity index (χ2n) is 5.85. The highest BCUT2D eigenvalue weighted by Gasteiger charge is 2.20. The number of halogens is 1. The molecule has 1 aromatic carbocycles. The number of nitrogens with one attached hydrogen (secondary N) is 1. The summed E-state index contributed by atoms with van der Waals surface area (Å²) in [4.78, 5) is 2.34. The minimum atomic E-state index is -0.167. The Morgan fingerprint density at radius 1 is 1.29 bits per heavy atom. The summed E-state index contributed by atoms with van der Waals surface area (Å²) < 4.78 is 18.6. The van der Waals surface area contributed by atoms with Crippen LogP contribution in [0.25, 0.3) is 0 Å². The monoisotopic (exact) mass is 294 g/mol. The first-order chi connectivity index (χ1) is 10.2. The van der Waals surface area contributed by atoms with Crippen LogP contribution in [0.3, 0.4) is 0 Å². The third kappa shape index (κ3) is 4.68. The summed E-state index contributed by atoms with van der Waals surface area (Å²) in [6, 6.07) is 5.71. The predicted octanol–water partition coefficient (Wildman–Crippen LogP) is 3.33. The SMILES string of the molecule is COCCNCc1cc(F)ccc1N(C)C1CCCCC1. The summed E-state index contributed by atoms with van der Waals surface area (Å²) in [6.07, 6.45) is 6.43. The lowest BCUT2D eigenvalue weighted by Gasteiger charge is -2.34. The molecular weight excluding hydrogens is 267 g/mol. The molecule has 0 saturated heterocycles. The molecule has 0 heterocycles. The average Bonchev–Trinajstić information content (AvgIpc) is 2.52. The molecule has 2 rings (SSSR count). The van der Waals surface area contributed by atoms with Crippen molar-refractivity contribution in [1.29, 1.82) is 0 Å². The van der Waals surface area contributed by atoms with Crippen molar-refractivity contribution < 1.29 is 9.13 Å². The molecule has 0 bridgehead atoms. The van der Waals surface area contributed by atoms with Crippen LogP contribution >= 0.6 is 0 Å². The molecule has 1 aliphatic carbocycles. The maximum absolute atomic E-state index is 13.6. The second-order valence-corrected chi connectivity index (χ2v) is 5.85. The molecule has 0 unspecified atom stereocenters. The zero-order valence-electron chi connectivity index (χ0n) is 13.2. The Morgan fingerprint density at radius 2 is 2.05 bits per heavy atom. The van der Waals surface area contributed by atoms with Gasteiger partial charge in [0.15, 0.2) is 0 Å². The molecule has 1 aromatic rings. The van der Waals surface area contributed by atoms with Gasteiger partial charge in [-0.25, -0.2) is 4.39 Å². The Balaban J connectivity index is 2.05. The number of benzene rings is 1. The van der Waals surface area contributed by atoms with Crippen LogP contribution in [0.2, 0.25) is 0 Å². The van der Waals surface area contributed by atoms with Crippen LogP contribution in [0.15, 0.2) is 18.2 Å². The van der Waals surface area contributed by atoms with E-state index in [1.54, 1.807) is 19.2 Å². The lowest BCUT2D eigenvalue weighted by Crippen LogP contribution is -2.34. The molecule has 3 nitrogen and oxygen atoms in total. The molecule has 0 radical (unpaired) electrons. The maximum atomic E-state index is 13.6. The summed E-state index contributed by atoms with van der Waals surface area (Å²) >= 11 is 0. The number of rotatable bonds is 7. The zero-order valence-corrected chi connectivity index (χ0v) is 13.2. The van der Waals surface area contributed by atoms with E-state index in [-0.39, 0.29) is 5.82 Å². The van der Waals surface area contributed by atoms with Gasteiger partial charge in [0.2, 0.25) is 0 Å². The van der Waals surface area contributed by atoms with E-state index in [0.717, 1.165) is 17.8 Å². The zero-order chi connectivity index (χ0) is 15.1. The summed E-state index contributed by atoms with van der Waals surface area (Å²) in [5.41, 5.74) is 2.17. The van der Waals surface area contributed by atoms with E-state index >= 15 is 0 Å². The van der Waals surface area contributed by atoms with Gasteiger partial charge >= 0.3 is 0 Å².